The lowest BCUT2D eigenvalue weighted by molar-refractivity contribution is -0.197. The van der Waals surface area contributed by atoms with Crippen LogP contribution in [-0.2, 0) is 11.3 Å². The fourth-order valence-electron chi connectivity index (χ4n) is 4.17. The first-order valence-electron chi connectivity index (χ1n) is 8.16. The molecule has 0 radical (unpaired) electrons. The second-order valence-corrected chi connectivity index (χ2v) is 7.20. The van der Waals surface area contributed by atoms with Crippen LogP contribution in [0.1, 0.15) is 24.8 Å². The van der Waals surface area contributed by atoms with Gasteiger partial charge in [-0.25, -0.2) is 9.78 Å². The van der Waals surface area contributed by atoms with Crippen LogP contribution in [0, 0.1) is 10.8 Å². The van der Waals surface area contributed by atoms with Crippen LogP contribution >= 0.6 is 0 Å². The molecule has 0 spiro atoms. The summed E-state index contributed by atoms with van der Waals surface area (Å²) >= 11 is 0. The lowest BCUT2D eigenvalue weighted by Crippen LogP contribution is -2.69. The summed E-state index contributed by atoms with van der Waals surface area (Å²) in [5.41, 5.74) is 7.22. The molecule has 3 fully saturated rings. The van der Waals surface area contributed by atoms with Crippen LogP contribution < -0.4 is 16.7 Å². The molecule has 0 saturated heterocycles. The molecule has 3 aliphatic rings. The molecule has 2 bridgehead atoms. The number of hydrogen-bond donors (Lipinski definition) is 2. The maximum atomic E-state index is 12.5. The van der Waals surface area contributed by atoms with Crippen molar-refractivity contribution in [2.45, 2.75) is 25.8 Å². The van der Waals surface area contributed by atoms with E-state index in [2.05, 4.69) is 10.3 Å². The first-order chi connectivity index (χ1) is 11.5. The van der Waals surface area contributed by atoms with Crippen LogP contribution in [0.15, 0.2) is 47.5 Å². The minimum atomic E-state index is -0.284. The van der Waals surface area contributed by atoms with Crippen LogP contribution in [0.4, 0.5) is 5.69 Å². The highest BCUT2D eigenvalue weighted by molar-refractivity contribution is 5.97. The first-order valence-corrected chi connectivity index (χ1v) is 8.16. The number of carbonyl (C=O) groups excluding carboxylic acids is 1. The Morgan fingerprint density at radius 1 is 1.29 bits per heavy atom. The average Bonchev–Trinajstić information content (AvgIpc) is 2.48. The molecule has 0 atom stereocenters. The smallest absolute Gasteiger partial charge is 0.330 e. The van der Waals surface area contributed by atoms with E-state index in [1.54, 1.807) is 12.3 Å². The number of anilines is 1. The molecule has 3 N–H and O–H groups in total. The normalized spacial score (nSPS) is 27.0. The number of nitrogens with zero attached hydrogens (tertiary/aromatic N) is 2. The number of nitrogens with one attached hydrogen (secondary N) is 1. The zero-order valence-electron chi connectivity index (χ0n) is 13.4. The van der Waals surface area contributed by atoms with E-state index in [1.807, 2.05) is 24.3 Å². The maximum absolute atomic E-state index is 12.5. The lowest BCUT2D eigenvalue weighted by atomic mass is 9.35. The molecule has 124 valence electrons. The molecule has 1 aromatic carbocycles. The minimum absolute atomic E-state index is 0.0912. The highest BCUT2D eigenvalue weighted by atomic mass is 16.2. The van der Waals surface area contributed by atoms with E-state index >= 15 is 0 Å². The summed E-state index contributed by atoms with van der Waals surface area (Å²) < 4.78 is 1.53. The van der Waals surface area contributed by atoms with Gasteiger partial charge in [-0.15, -0.1) is 0 Å². The maximum Gasteiger partial charge on any atom is 0.347 e. The van der Waals surface area contributed by atoms with Crippen molar-refractivity contribution in [3.05, 3.63) is 58.8 Å². The number of rotatable bonds is 5. The van der Waals surface area contributed by atoms with Gasteiger partial charge in [0.05, 0.1) is 12.0 Å². The lowest BCUT2D eigenvalue weighted by Gasteiger charge is -2.69. The van der Waals surface area contributed by atoms with Crippen molar-refractivity contribution in [2.24, 2.45) is 16.6 Å². The Morgan fingerprint density at radius 2 is 2.08 bits per heavy atom. The van der Waals surface area contributed by atoms with E-state index in [0.29, 0.717) is 13.1 Å². The van der Waals surface area contributed by atoms with Gasteiger partial charge in [0.15, 0.2) is 0 Å². The third kappa shape index (κ3) is 2.34. The molecule has 6 nitrogen and oxygen atoms in total. The summed E-state index contributed by atoms with van der Waals surface area (Å²) in [6, 6.07) is 9.32. The number of benzene rings is 1. The molecule has 1 amide bonds. The highest BCUT2D eigenvalue weighted by Gasteiger charge is 2.70. The monoisotopic (exact) mass is 324 g/mol. The second kappa shape index (κ2) is 5.27. The predicted molar refractivity (Wildman–Crippen MR) is 90.4 cm³/mol. The number of amides is 1. The Morgan fingerprint density at radius 3 is 2.79 bits per heavy atom. The Labute approximate surface area is 139 Å². The Bertz CT molecular complexity index is 838. The summed E-state index contributed by atoms with van der Waals surface area (Å²) in [6.45, 7) is 1.11. The number of aromatic nitrogens is 2. The van der Waals surface area contributed by atoms with Crippen LogP contribution in [0.2, 0.25) is 0 Å². The van der Waals surface area contributed by atoms with Gasteiger partial charge in [0.25, 0.3) is 0 Å². The van der Waals surface area contributed by atoms with Crippen molar-refractivity contribution >= 4 is 11.6 Å². The molecule has 1 aromatic heterocycles. The Balaban J connectivity index is 1.45. The summed E-state index contributed by atoms with van der Waals surface area (Å²) in [4.78, 5) is 28.0. The fourth-order valence-corrected chi connectivity index (χ4v) is 4.17. The SMILES string of the molecule is NCC12CC(C(=O)Nc3cccc(Cn4cccnc4=O)c3)(C1)C2. The van der Waals surface area contributed by atoms with Gasteiger partial charge in [0.2, 0.25) is 5.91 Å². The number of hydrogen-bond acceptors (Lipinski definition) is 4. The average molecular weight is 324 g/mol. The van der Waals surface area contributed by atoms with Gasteiger partial charge in [-0.3, -0.25) is 9.36 Å². The van der Waals surface area contributed by atoms with E-state index < -0.39 is 0 Å². The molecular weight excluding hydrogens is 304 g/mol. The van der Waals surface area contributed by atoms with Crippen molar-refractivity contribution in [3.63, 3.8) is 0 Å². The minimum Gasteiger partial charge on any atom is -0.330 e. The van der Waals surface area contributed by atoms with E-state index in [1.165, 1.54) is 10.8 Å². The van der Waals surface area contributed by atoms with Gasteiger partial charge in [0.1, 0.15) is 0 Å². The van der Waals surface area contributed by atoms with Gasteiger partial charge in [-0.05, 0) is 55.0 Å². The molecule has 0 aliphatic heterocycles. The van der Waals surface area contributed by atoms with Crippen molar-refractivity contribution in [1.82, 2.24) is 9.55 Å². The number of carbonyl (C=O) groups is 1. The second-order valence-electron chi connectivity index (χ2n) is 7.20. The van der Waals surface area contributed by atoms with Crippen LogP contribution in [0.5, 0.6) is 0 Å². The first kappa shape index (κ1) is 15.1. The van der Waals surface area contributed by atoms with Crippen LogP contribution in [0.3, 0.4) is 0 Å². The molecule has 1 heterocycles. The quantitative estimate of drug-likeness (QED) is 0.869. The third-order valence-corrected chi connectivity index (χ3v) is 5.38. The number of nitrogens with two attached hydrogens (primary N) is 1. The molecule has 0 unspecified atom stereocenters. The highest BCUT2D eigenvalue weighted by Crippen LogP contribution is 2.73. The van der Waals surface area contributed by atoms with Gasteiger partial charge in [-0.2, -0.15) is 0 Å². The van der Waals surface area contributed by atoms with Gasteiger partial charge in [-0.1, -0.05) is 12.1 Å². The predicted octanol–water partition coefficient (Wildman–Crippen LogP) is 1.36. The van der Waals surface area contributed by atoms with Crippen molar-refractivity contribution < 1.29 is 4.79 Å². The fraction of sp³-hybridized carbons (Fsp3) is 0.389. The van der Waals surface area contributed by atoms with Crippen molar-refractivity contribution in [1.29, 1.82) is 0 Å². The Hall–Kier alpha value is -2.47. The zero-order chi connectivity index (χ0) is 16.8. The largest absolute Gasteiger partial charge is 0.347 e. The van der Waals surface area contributed by atoms with E-state index in [0.717, 1.165) is 30.5 Å². The molecule has 24 heavy (non-hydrogen) atoms. The van der Waals surface area contributed by atoms with Gasteiger partial charge in [0, 0.05) is 18.1 Å². The van der Waals surface area contributed by atoms with Crippen molar-refractivity contribution in [2.75, 3.05) is 11.9 Å². The molecule has 3 aliphatic carbocycles. The summed E-state index contributed by atoms with van der Waals surface area (Å²) in [6.07, 6.45) is 5.91. The molecule has 6 heteroatoms. The van der Waals surface area contributed by atoms with Gasteiger partial charge >= 0.3 is 5.69 Å². The Kier molecular flexibility index (Phi) is 3.31. The molecular formula is C18H20N4O2. The van der Waals surface area contributed by atoms with Gasteiger partial charge < -0.3 is 11.1 Å². The van der Waals surface area contributed by atoms with E-state index in [9.17, 15) is 9.59 Å². The summed E-state index contributed by atoms with van der Waals surface area (Å²) in [5.74, 6) is 0.0912. The third-order valence-electron chi connectivity index (χ3n) is 5.38. The van der Waals surface area contributed by atoms with Crippen LogP contribution in [-0.4, -0.2) is 22.0 Å². The van der Waals surface area contributed by atoms with E-state index in [4.69, 9.17) is 5.73 Å². The molecule has 5 rings (SSSR count). The standard InChI is InChI=1S/C18H20N4O2/c19-12-17-9-18(10-17,11-17)15(23)21-14-4-1-3-13(7-14)8-22-6-2-5-20-16(22)24/h1-7H,8-12,19H2,(H,21,23). The molecule has 3 saturated carbocycles. The van der Waals surface area contributed by atoms with E-state index in [-0.39, 0.29) is 22.4 Å². The topological polar surface area (TPSA) is 90.0 Å². The zero-order valence-corrected chi connectivity index (χ0v) is 13.4. The van der Waals surface area contributed by atoms with Crippen molar-refractivity contribution in [3.8, 4) is 0 Å². The summed E-state index contributed by atoms with van der Waals surface area (Å²) in [5, 5.41) is 3.02. The van der Waals surface area contributed by atoms with Crippen LogP contribution in [0.25, 0.3) is 0 Å². The summed E-state index contributed by atoms with van der Waals surface area (Å²) in [7, 11) is 0. The molecule has 2 aromatic rings.